The molecule has 9 nitrogen and oxygen atoms in total. The fourth-order valence-electron chi connectivity index (χ4n) is 5.65. The third kappa shape index (κ3) is 6.00. The number of rotatable bonds is 3. The highest BCUT2D eigenvalue weighted by Gasteiger charge is 2.26. The van der Waals surface area contributed by atoms with Crippen LogP contribution in [0.3, 0.4) is 0 Å². The Labute approximate surface area is 243 Å². The fourth-order valence-corrected chi connectivity index (χ4v) is 6.54. The highest BCUT2D eigenvalue weighted by Crippen LogP contribution is 2.42. The quantitative estimate of drug-likeness (QED) is 0.381. The SMILES string of the molecule is Cc1cc2cc(C)c1-c1csc3ncnc(c13)OC(C(=O)O)Cc1cccc(c1)OCC(CN1CCN(C)CC1)O2. The number of hydrogen-bond donors (Lipinski definition) is 1. The molecular formula is C31H34N4O5S. The second-order valence-electron chi connectivity index (χ2n) is 10.9. The van der Waals surface area contributed by atoms with E-state index in [0.29, 0.717) is 12.4 Å². The number of aromatic nitrogens is 2. The summed E-state index contributed by atoms with van der Waals surface area (Å²) < 4.78 is 19.0. The minimum absolute atomic E-state index is 0.158. The Kier molecular flexibility index (Phi) is 7.79. The lowest BCUT2D eigenvalue weighted by molar-refractivity contribution is -0.145. The van der Waals surface area contributed by atoms with Crippen LogP contribution in [0.5, 0.6) is 17.4 Å². The van der Waals surface area contributed by atoms with Gasteiger partial charge in [0, 0.05) is 50.1 Å². The van der Waals surface area contributed by atoms with Crippen LogP contribution in [0.25, 0.3) is 21.3 Å². The zero-order valence-electron chi connectivity index (χ0n) is 23.5. The largest absolute Gasteiger partial charge is 0.490 e. The van der Waals surface area contributed by atoms with Crippen molar-refractivity contribution in [2.75, 3.05) is 46.4 Å². The van der Waals surface area contributed by atoms with Crippen LogP contribution in [0.2, 0.25) is 0 Å². The molecule has 0 spiro atoms. The van der Waals surface area contributed by atoms with E-state index in [-0.39, 0.29) is 18.4 Å². The van der Waals surface area contributed by atoms with Crippen LogP contribution in [-0.4, -0.2) is 89.4 Å². The normalized spacial score (nSPS) is 20.2. The minimum Gasteiger partial charge on any atom is -0.490 e. The summed E-state index contributed by atoms with van der Waals surface area (Å²) in [4.78, 5) is 26.7. The lowest BCUT2D eigenvalue weighted by atomic mass is 9.95. The summed E-state index contributed by atoms with van der Waals surface area (Å²) in [7, 11) is 2.15. The second-order valence-corrected chi connectivity index (χ2v) is 11.7. The van der Waals surface area contributed by atoms with Gasteiger partial charge < -0.3 is 24.2 Å². The van der Waals surface area contributed by atoms with Crippen molar-refractivity contribution in [3.8, 4) is 28.5 Å². The molecule has 0 amide bonds. The van der Waals surface area contributed by atoms with E-state index in [0.717, 1.165) is 76.5 Å². The molecule has 2 atom stereocenters. The number of thiophene rings is 1. The lowest BCUT2D eigenvalue weighted by Gasteiger charge is -2.34. The molecule has 4 bridgehead atoms. The zero-order valence-corrected chi connectivity index (χ0v) is 24.3. The van der Waals surface area contributed by atoms with Crippen LogP contribution in [-0.2, 0) is 11.2 Å². The number of hydrogen-bond acceptors (Lipinski definition) is 9. The topological polar surface area (TPSA) is 97.2 Å². The van der Waals surface area contributed by atoms with E-state index in [2.05, 4.69) is 52.8 Å². The van der Waals surface area contributed by atoms with Crippen LogP contribution >= 0.6 is 11.3 Å². The molecular weight excluding hydrogens is 540 g/mol. The number of fused-ring (bicyclic) bond motifs is 7. The van der Waals surface area contributed by atoms with Gasteiger partial charge in [0.2, 0.25) is 12.0 Å². The maximum atomic E-state index is 12.3. The van der Waals surface area contributed by atoms with Crippen LogP contribution < -0.4 is 14.2 Å². The maximum absolute atomic E-state index is 12.3. The molecule has 7 rings (SSSR count). The fraction of sp³-hybridized carbons (Fsp3) is 0.387. The van der Waals surface area contributed by atoms with E-state index in [1.54, 1.807) is 0 Å². The van der Waals surface area contributed by atoms with Gasteiger partial charge in [-0.3, -0.25) is 4.90 Å². The summed E-state index contributed by atoms with van der Waals surface area (Å²) in [6, 6.07) is 11.6. The number of nitrogens with zero attached hydrogens (tertiary/aromatic N) is 4. The molecule has 2 aromatic heterocycles. The van der Waals surface area contributed by atoms with Crippen molar-refractivity contribution in [2.24, 2.45) is 0 Å². The van der Waals surface area contributed by atoms with Gasteiger partial charge in [-0.1, -0.05) is 12.1 Å². The third-order valence-corrected chi connectivity index (χ3v) is 8.64. The standard InChI is InChI=1S/C31H34N4O5S/c1-19-11-23-12-20(2)27(19)25-17-41-30-28(25)29(32-18-33-30)40-26(31(36)37)14-21-5-4-6-22(13-21)38-16-24(39-23)15-35-9-7-34(3)8-10-35/h4-6,11-13,17-18,24,26H,7-10,14-16H2,1-3H3,(H,36,37). The van der Waals surface area contributed by atoms with Crippen molar-refractivity contribution >= 4 is 27.5 Å². The first-order valence-corrected chi connectivity index (χ1v) is 14.7. The molecule has 2 aromatic carbocycles. The Morgan fingerprint density at radius 2 is 1.83 bits per heavy atom. The Morgan fingerprint density at radius 1 is 1.05 bits per heavy atom. The number of benzene rings is 2. The molecule has 214 valence electrons. The Bertz CT molecular complexity index is 1540. The van der Waals surface area contributed by atoms with Gasteiger partial charge in [-0.15, -0.1) is 11.3 Å². The van der Waals surface area contributed by atoms with E-state index in [1.165, 1.54) is 17.7 Å². The number of ether oxygens (including phenoxy) is 3. The highest BCUT2D eigenvalue weighted by atomic mass is 32.1. The van der Waals surface area contributed by atoms with E-state index in [9.17, 15) is 9.90 Å². The first-order chi connectivity index (χ1) is 19.8. The molecule has 1 saturated heterocycles. The summed E-state index contributed by atoms with van der Waals surface area (Å²) >= 11 is 1.49. The van der Waals surface area contributed by atoms with Gasteiger partial charge in [-0.25, -0.2) is 14.8 Å². The van der Waals surface area contributed by atoms with Gasteiger partial charge in [0.25, 0.3) is 0 Å². The molecule has 5 heterocycles. The van der Waals surface area contributed by atoms with Crippen LogP contribution in [0.4, 0.5) is 0 Å². The van der Waals surface area contributed by atoms with Crippen molar-refractivity contribution in [3.05, 3.63) is 64.8 Å². The van der Waals surface area contributed by atoms with Gasteiger partial charge in [0.05, 0.1) is 5.39 Å². The first kappa shape index (κ1) is 27.4. The van der Waals surface area contributed by atoms with Crippen LogP contribution in [0.1, 0.15) is 16.7 Å². The number of carboxylic acids is 1. The molecule has 4 aromatic rings. The van der Waals surface area contributed by atoms with Crippen molar-refractivity contribution in [1.82, 2.24) is 19.8 Å². The molecule has 3 aliphatic heterocycles. The van der Waals surface area contributed by atoms with Gasteiger partial charge >= 0.3 is 5.97 Å². The van der Waals surface area contributed by atoms with E-state index in [1.807, 2.05) is 29.6 Å². The summed E-state index contributed by atoms with van der Waals surface area (Å²) in [6.45, 7) is 9.25. The van der Waals surface area contributed by atoms with Gasteiger partial charge in [0.15, 0.2) is 0 Å². The van der Waals surface area contributed by atoms with Gasteiger partial charge in [0.1, 0.15) is 35.4 Å². The highest BCUT2D eigenvalue weighted by molar-refractivity contribution is 7.17. The number of likely N-dealkylation sites (N-methyl/N-ethyl adjacent to an activating group) is 1. The molecule has 2 unspecified atom stereocenters. The molecule has 1 N–H and O–H groups in total. The van der Waals surface area contributed by atoms with E-state index >= 15 is 0 Å². The minimum atomic E-state index is -1.13. The van der Waals surface area contributed by atoms with Crippen molar-refractivity contribution < 1.29 is 24.1 Å². The Balaban J connectivity index is 1.43. The van der Waals surface area contributed by atoms with Crippen LogP contribution in [0, 0.1) is 13.8 Å². The zero-order chi connectivity index (χ0) is 28.5. The van der Waals surface area contributed by atoms with Crippen molar-refractivity contribution in [3.63, 3.8) is 0 Å². The average Bonchev–Trinajstić information content (AvgIpc) is 3.36. The van der Waals surface area contributed by atoms with E-state index in [4.69, 9.17) is 14.2 Å². The van der Waals surface area contributed by atoms with Crippen LogP contribution in [0.15, 0.2) is 48.1 Å². The number of aryl methyl sites for hydroxylation is 2. The number of piperazine rings is 1. The van der Waals surface area contributed by atoms with Crippen molar-refractivity contribution in [1.29, 1.82) is 0 Å². The predicted octanol–water partition coefficient (Wildman–Crippen LogP) is 4.44. The van der Waals surface area contributed by atoms with E-state index < -0.39 is 12.1 Å². The molecule has 0 aliphatic carbocycles. The summed E-state index contributed by atoms with van der Waals surface area (Å²) in [5.41, 5.74) is 4.84. The third-order valence-electron chi connectivity index (χ3n) is 7.76. The second kappa shape index (κ2) is 11.6. The Hall–Kier alpha value is -3.73. The number of carboxylic acid groups (broad SMARTS) is 1. The number of aliphatic carboxylic acids is 1. The van der Waals surface area contributed by atoms with Gasteiger partial charge in [-0.2, -0.15) is 0 Å². The van der Waals surface area contributed by atoms with Gasteiger partial charge in [-0.05, 0) is 67.4 Å². The average molecular weight is 575 g/mol. The number of carbonyl (C=O) groups is 1. The first-order valence-electron chi connectivity index (χ1n) is 13.9. The molecule has 1 fully saturated rings. The molecule has 0 radical (unpaired) electrons. The Morgan fingerprint density at radius 3 is 2.59 bits per heavy atom. The maximum Gasteiger partial charge on any atom is 0.345 e. The summed E-state index contributed by atoms with van der Waals surface area (Å²) in [5, 5.41) is 12.9. The molecule has 10 heteroatoms. The molecule has 41 heavy (non-hydrogen) atoms. The molecule has 0 saturated carbocycles. The monoisotopic (exact) mass is 574 g/mol. The molecule has 3 aliphatic rings. The smallest absolute Gasteiger partial charge is 0.345 e. The summed E-state index contributed by atoms with van der Waals surface area (Å²) in [6.07, 6.45) is 0.250. The lowest BCUT2D eigenvalue weighted by Crippen LogP contribution is -2.49. The van der Waals surface area contributed by atoms with Crippen molar-refractivity contribution in [2.45, 2.75) is 32.5 Å². The summed E-state index contributed by atoms with van der Waals surface area (Å²) in [5.74, 6) is 0.662. The predicted molar refractivity (Wildman–Crippen MR) is 158 cm³/mol.